The minimum atomic E-state index is -0.268. The van der Waals surface area contributed by atoms with Crippen molar-refractivity contribution in [2.24, 2.45) is 0 Å². The fraction of sp³-hybridized carbons (Fsp3) is 0.182. The van der Waals surface area contributed by atoms with Crippen LogP contribution < -0.4 is 11.1 Å². The lowest BCUT2D eigenvalue weighted by Crippen LogP contribution is -2.22. The molecule has 1 aromatic carbocycles. The van der Waals surface area contributed by atoms with Crippen LogP contribution in [-0.4, -0.2) is 21.4 Å². The van der Waals surface area contributed by atoms with Crippen LogP contribution in [0.25, 0.3) is 0 Å². The minimum Gasteiger partial charge on any atom is -0.374 e. The van der Waals surface area contributed by atoms with Gasteiger partial charge in [-0.1, -0.05) is 39.0 Å². The van der Waals surface area contributed by atoms with Crippen molar-refractivity contribution >= 4 is 55.8 Å². The number of halogens is 1. The molecule has 5 nitrogen and oxygen atoms in total. The summed E-state index contributed by atoms with van der Waals surface area (Å²) in [7, 11) is 0. The summed E-state index contributed by atoms with van der Waals surface area (Å²) in [6.07, 6.45) is 0. The van der Waals surface area contributed by atoms with E-state index < -0.39 is 0 Å². The number of hydrogen-bond acceptors (Lipinski definition) is 6. The van der Waals surface area contributed by atoms with E-state index in [-0.39, 0.29) is 11.2 Å². The average molecular weight is 359 g/mol. The second kappa shape index (κ2) is 6.36. The van der Waals surface area contributed by atoms with Crippen LogP contribution in [0.2, 0.25) is 0 Å². The Balaban J connectivity index is 1.94. The van der Waals surface area contributed by atoms with Crippen LogP contribution in [0.5, 0.6) is 0 Å². The molecule has 0 aliphatic rings. The summed E-state index contributed by atoms with van der Waals surface area (Å²) in [5.74, 6) is -0.0823. The number of carbonyl (C=O) groups is 1. The van der Waals surface area contributed by atoms with Gasteiger partial charge in [-0.15, -0.1) is 10.2 Å². The van der Waals surface area contributed by atoms with Gasteiger partial charge in [-0.3, -0.25) is 4.79 Å². The molecule has 8 heteroatoms. The fourth-order valence-corrected chi connectivity index (χ4v) is 3.29. The first-order valence-electron chi connectivity index (χ1n) is 5.36. The van der Waals surface area contributed by atoms with Crippen molar-refractivity contribution in [3.63, 3.8) is 0 Å². The number of benzene rings is 1. The predicted octanol–water partition coefficient (Wildman–Crippen LogP) is 3.00. The normalized spacial score (nSPS) is 12.1. The molecule has 0 saturated heterocycles. The molecule has 2 rings (SSSR count). The van der Waals surface area contributed by atoms with Gasteiger partial charge in [0.1, 0.15) is 0 Å². The average Bonchev–Trinajstić information content (AvgIpc) is 2.77. The van der Waals surface area contributed by atoms with E-state index in [0.29, 0.717) is 9.47 Å². The number of rotatable bonds is 4. The summed E-state index contributed by atoms with van der Waals surface area (Å²) < 4.78 is 1.66. The van der Waals surface area contributed by atoms with E-state index in [0.717, 1.165) is 10.2 Å². The van der Waals surface area contributed by atoms with E-state index in [2.05, 4.69) is 31.4 Å². The number of nitrogens with one attached hydrogen (secondary N) is 1. The highest BCUT2D eigenvalue weighted by atomic mass is 79.9. The first kappa shape index (κ1) is 14.3. The Labute approximate surface area is 127 Å². The molecule has 2 aromatic rings. The molecule has 0 bridgehead atoms. The number of carbonyl (C=O) groups excluding carboxylic acids is 1. The molecule has 19 heavy (non-hydrogen) atoms. The van der Waals surface area contributed by atoms with Crippen LogP contribution in [0.15, 0.2) is 33.1 Å². The summed E-state index contributed by atoms with van der Waals surface area (Å²) in [5, 5.41) is 10.6. The monoisotopic (exact) mass is 358 g/mol. The molecule has 100 valence electrons. The summed E-state index contributed by atoms with van der Waals surface area (Å²) >= 11 is 5.96. The molecule has 1 amide bonds. The van der Waals surface area contributed by atoms with Crippen molar-refractivity contribution in [1.82, 2.24) is 10.2 Å². The van der Waals surface area contributed by atoms with Crippen molar-refractivity contribution < 1.29 is 4.79 Å². The Morgan fingerprint density at radius 1 is 1.42 bits per heavy atom. The van der Waals surface area contributed by atoms with Crippen LogP contribution in [0.3, 0.4) is 0 Å². The van der Waals surface area contributed by atoms with Crippen molar-refractivity contribution in [2.75, 3.05) is 11.1 Å². The quantitative estimate of drug-likeness (QED) is 0.821. The maximum Gasteiger partial charge on any atom is 0.237 e. The van der Waals surface area contributed by atoms with Crippen molar-refractivity contribution in [1.29, 1.82) is 0 Å². The third-order valence-corrected chi connectivity index (χ3v) is 4.65. The van der Waals surface area contributed by atoms with Gasteiger partial charge >= 0.3 is 0 Å². The van der Waals surface area contributed by atoms with Gasteiger partial charge in [0.25, 0.3) is 0 Å². The molecule has 1 heterocycles. The van der Waals surface area contributed by atoms with Crippen molar-refractivity contribution in [3.05, 3.63) is 28.7 Å². The SMILES string of the molecule is C[C@@H](Sc1nnc(N)s1)C(=O)Nc1ccc(Br)cc1. The maximum atomic E-state index is 12.0. The lowest BCUT2D eigenvalue weighted by atomic mass is 10.3. The molecular formula is C11H11BrN4OS2. The Kier molecular flexibility index (Phi) is 4.78. The second-order valence-electron chi connectivity index (χ2n) is 3.66. The third kappa shape index (κ3) is 4.19. The zero-order valence-electron chi connectivity index (χ0n) is 9.96. The number of anilines is 2. The van der Waals surface area contributed by atoms with Crippen LogP contribution in [0.4, 0.5) is 10.8 Å². The number of nitrogen functional groups attached to an aromatic ring is 1. The van der Waals surface area contributed by atoms with E-state index in [1.165, 1.54) is 23.1 Å². The summed E-state index contributed by atoms with van der Waals surface area (Å²) in [6.45, 7) is 1.82. The minimum absolute atomic E-state index is 0.0823. The van der Waals surface area contributed by atoms with Gasteiger partial charge in [0.15, 0.2) is 4.34 Å². The smallest absolute Gasteiger partial charge is 0.237 e. The van der Waals surface area contributed by atoms with Crippen LogP contribution in [0.1, 0.15) is 6.92 Å². The molecule has 1 aromatic heterocycles. The zero-order valence-corrected chi connectivity index (χ0v) is 13.2. The van der Waals surface area contributed by atoms with E-state index in [9.17, 15) is 4.79 Å². The van der Waals surface area contributed by atoms with Crippen LogP contribution >= 0.6 is 39.0 Å². The standard InChI is InChI=1S/C11H11BrN4OS2/c1-6(18-11-16-15-10(13)19-11)9(17)14-8-4-2-7(12)3-5-8/h2-6H,1H3,(H2,13,15)(H,14,17)/t6-/m1/s1. The molecule has 3 N–H and O–H groups in total. The molecule has 0 aliphatic carbocycles. The molecular weight excluding hydrogens is 348 g/mol. The first-order chi connectivity index (χ1) is 9.04. The van der Waals surface area contributed by atoms with Crippen molar-refractivity contribution in [2.45, 2.75) is 16.5 Å². The molecule has 1 atom stereocenters. The van der Waals surface area contributed by atoms with Gasteiger partial charge in [0, 0.05) is 10.2 Å². The van der Waals surface area contributed by atoms with Gasteiger partial charge in [-0.25, -0.2) is 0 Å². The number of nitrogens with two attached hydrogens (primary N) is 1. The van der Waals surface area contributed by atoms with Gasteiger partial charge < -0.3 is 11.1 Å². The highest BCUT2D eigenvalue weighted by Gasteiger charge is 2.16. The Morgan fingerprint density at radius 2 is 2.11 bits per heavy atom. The fourth-order valence-electron chi connectivity index (χ4n) is 1.25. The molecule has 0 saturated carbocycles. The van der Waals surface area contributed by atoms with E-state index >= 15 is 0 Å². The van der Waals surface area contributed by atoms with Gasteiger partial charge in [-0.05, 0) is 31.2 Å². The number of nitrogens with zero attached hydrogens (tertiary/aromatic N) is 2. The molecule has 0 fully saturated rings. The Hall–Kier alpha value is -1.12. The molecule has 0 radical (unpaired) electrons. The lowest BCUT2D eigenvalue weighted by Gasteiger charge is -2.10. The Bertz CT molecular complexity index is 572. The van der Waals surface area contributed by atoms with E-state index in [4.69, 9.17) is 5.73 Å². The number of hydrogen-bond donors (Lipinski definition) is 2. The topological polar surface area (TPSA) is 80.9 Å². The molecule has 0 aliphatic heterocycles. The molecule has 0 spiro atoms. The van der Waals surface area contributed by atoms with Gasteiger partial charge in [-0.2, -0.15) is 0 Å². The number of amides is 1. The summed E-state index contributed by atoms with van der Waals surface area (Å²) in [6, 6.07) is 7.42. The van der Waals surface area contributed by atoms with Crippen molar-refractivity contribution in [3.8, 4) is 0 Å². The predicted molar refractivity (Wildman–Crippen MR) is 82.4 cm³/mol. The second-order valence-corrected chi connectivity index (χ2v) is 7.18. The number of thioether (sulfide) groups is 1. The van der Waals surface area contributed by atoms with E-state index in [1.807, 2.05) is 31.2 Å². The van der Waals surface area contributed by atoms with Crippen LogP contribution in [-0.2, 0) is 4.79 Å². The summed E-state index contributed by atoms with van der Waals surface area (Å²) in [4.78, 5) is 12.0. The maximum absolute atomic E-state index is 12.0. The highest BCUT2D eigenvalue weighted by Crippen LogP contribution is 2.28. The lowest BCUT2D eigenvalue weighted by molar-refractivity contribution is -0.115. The first-order valence-corrected chi connectivity index (χ1v) is 7.85. The van der Waals surface area contributed by atoms with Crippen LogP contribution in [0, 0.1) is 0 Å². The zero-order chi connectivity index (χ0) is 13.8. The van der Waals surface area contributed by atoms with Gasteiger partial charge in [0.05, 0.1) is 5.25 Å². The molecule has 0 unspecified atom stereocenters. The Morgan fingerprint density at radius 3 is 2.68 bits per heavy atom. The number of aromatic nitrogens is 2. The third-order valence-electron chi connectivity index (χ3n) is 2.18. The highest BCUT2D eigenvalue weighted by molar-refractivity contribution is 9.10. The largest absolute Gasteiger partial charge is 0.374 e. The summed E-state index contributed by atoms with van der Waals surface area (Å²) in [5.41, 5.74) is 6.26. The van der Waals surface area contributed by atoms with Gasteiger partial charge in [0.2, 0.25) is 11.0 Å². The van der Waals surface area contributed by atoms with E-state index in [1.54, 1.807) is 0 Å².